The standard InChI is InChI=1S/C12H23N3O4/c1-12(19,6-11(17)18)8-14-10(16)7-15-4-2-9(13)3-5-15/h9,19H,2-8,13H2,1H3,(H,14,16)(H,17,18). The van der Waals surface area contributed by atoms with Crippen LogP contribution in [0.5, 0.6) is 0 Å². The molecule has 0 aliphatic carbocycles. The summed E-state index contributed by atoms with van der Waals surface area (Å²) in [6, 6.07) is 0.218. The normalized spacial score (nSPS) is 20.8. The molecular formula is C12H23N3O4. The minimum Gasteiger partial charge on any atom is -0.481 e. The Morgan fingerprint density at radius 2 is 2.00 bits per heavy atom. The molecule has 1 saturated heterocycles. The van der Waals surface area contributed by atoms with Crippen LogP contribution in [0.15, 0.2) is 0 Å². The molecule has 19 heavy (non-hydrogen) atoms. The minimum absolute atomic E-state index is 0.0640. The zero-order valence-electron chi connectivity index (χ0n) is 11.3. The molecule has 1 aliphatic heterocycles. The summed E-state index contributed by atoms with van der Waals surface area (Å²) in [5.74, 6) is -1.30. The smallest absolute Gasteiger partial charge is 0.306 e. The number of carboxylic acid groups (broad SMARTS) is 1. The first kappa shape index (κ1) is 15.9. The van der Waals surface area contributed by atoms with E-state index in [-0.39, 0.29) is 25.0 Å². The van der Waals surface area contributed by atoms with Crippen LogP contribution in [0.4, 0.5) is 0 Å². The Kier molecular flexibility index (Phi) is 5.71. The molecule has 0 aromatic carbocycles. The van der Waals surface area contributed by atoms with Crippen molar-refractivity contribution in [3.8, 4) is 0 Å². The summed E-state index contributed by atoms with van der Waals surface area (Å²) in [5, 5.41) is 20.9. The van der Waals surface area contributed by atoms with Gasteiger partial charge in [-0.05, 0) is 19.8 Å². The molecule has 0 saturated carbocycles. The first-order valence-electron chi connectivity index (χ1n) is 6.47. The van der Waals surface area contributed by atoms with Crippen molar-refractivity contribution in [3.63, 3.8) is 0 Å². The topological polar surface area (TPSA) is 116 Å². The number of rotatable bonds is 6. The Morgan fingerprint density at radius 1 is 1.42 bits per heavy atom. The van der Waals surface area contributed by atoms with E-state index in [4.69, 9.17) is 10.8 Å². The Balaban J connectivity index is 2.26. The van der Waals surface area contributed by atoms with Crippen LogP contribution >= 0.6 is 0 Å². The monoisotopic (exact) mass is 273 g/mol. The van der Waals surface area contributed by atoms with Gasteiger partial charge in [-0.1, -0.05) is 0 Å². The third-order valence-electron chi connectivity index (χ3n) is 3.20. The minimum atomic E-state index is -1.42. The van der Waals surface area contributed by atoms with Crippen LogP contribution in [-0.4, -0.2) is 64.8 Å². The summed E-state index contributed by atoms with van der Waals surface area (Å²) < 4.78 is 0. The largest absolute Gasteiger partial charge is 0.481 e. The highest BCUT2D eigenvalue weighted by Gasteiger charge is 2.25. The van der Waals surface area contributed by atoms with Crippen molar-refractivity contribution in [3.05, 3.63) is 0 Å². The molecule has 7 nitrogen and oxygen atoms in total. The summed E-state index contributed by atoms with van der Waals surface area (Å²) in [7, 11) is 0. The molecule has 0 aromatic rings. The predicted molar refractivity (Wildman–Crippen MR) is 69.5 cm³/mol. The summed E-state index contributed by atoms with van der Waals surface area (Å²) in [6.07, 6.45) is 1.36. The molecule has 0 radical (unpaired) electrons. The number of hydrogen-bond donors (Lipinski definition) is 4. The number of carboxylic acids is 1. The van der Waals surface area contributed by atoms with E-state index in [0.717, 1.165) is 25.9 Å². The van der Waals surface area contributed by atoms with Gasteiger partial charge in [0, 0.05) is 25.7 Å². The molecule has 1 aliphatic rings. The molecule has 0 aromatic heterocycles. The van der Waals surface area contributed by atoms with E-state index in [1.165, 1.54) is 6.92 Å². The second kappa shape index (κ2) is 6.83. The highest BCUT2D eigenvalue weighted by Crippen LogP contribution is 2.09. The summed E-state index contributed by atoms with van der Waals surface area (Å²) in [4.78, 5) is 24.2. The fourth-order valence-corrected chi connectivity index (χ4v) is 2.05. The highest BCUT2D eigenvalue weighted by molar-refractivity contribution is 5.78. The molecule has 0 spiro atoms. The van der Waals surface area contributed by atoms with Crippen LogP contribution in [-0.2, 0) is 9.59 Å². The second-order valence-electron chi connectivity index (χ2n) is 5.46. The van der Waals surface area contributed by atoms with Gasteiger partial charge in [-0.15, -0.1) is 0 Å². The molecule has 0 bridgehead atoms. The van der Waals surface area contributed by atoms with Gasteiger partial charge in [0.15, 0.2) is 0 Å². The fraction of sp³-hybridized carbons (Fsp3) is 0.833. The van der Waals surface area contributed by atoms with Gasteiger partial charge in [-0.3, -0.25) is 14.5 Å². The number of nitrogens with zero attached hydrogens (tertiary/aromatic N) is 1. The maximum absolute atomic E-state index is 11.7. The molecule has 110 valence electrons. The zero-order chi connectivity index (χ0) is 14.5. The Bertz CT molecular complexity index is 325. The summed E-state index contributed by atoms with van der Waals surface area (Å²) in [5.41, 5.74) is 4.35. The lowest BCUT2D eigenvalue weighted by atomic mass is 10.0. The zero-order valence-corrected chi connectivity index (χ0v) is 11.3. The lowest BCUT2D eigenvalue weighted by Crippen LogP contribution is -2.48. The van der Waals surface area contributed by atoms with Gasteiger partial charge in [0.05, 0.1) is 18.6 Å². The van der Waals surface area contributed by atoms with Gasteiger partial charge in [0.25, 0.3) is 0 Å². The van der Waals surface area contributed by atoms with Crippen LogP contribution < -0.4 is 11.1 Å². The number of likely N-dealkylation sites (tertiary alicyclic amines) is 1. The van der Waals surface area contributed by atoms with Crippen LogP contribution in [0.1, 0.15) is 26.2 Å². The second-order valence-corrected chi connectivity index (χ2v) is 5.46. The van der Waals surface area contributed by atoms with Gasteiger partial charge in [0.1, 0.15) is 0 Å². The van der Waals surface area contributed by atoms with E-state index in [2.05, 4.69) is 5.32 Å². The Hall–Kier alpha value is -1.18. The highest BCUT2D eigenvalue weighted by atomic mass is 16.4. The van der Waals surface area contributed by atoms with Crippen LogP contribution in [0.25, 0.3) is 0 Å². The maximum atomic E-state index is 11.7. The van der Waals surface area contributed by atoms with Crippen LogP contribution in [0.3, 0.4) is 0 Å². The van der Waals surface area contributed by atoms with E-state index in [1.54, 1.807) is 0 Å². The molecule has 1 atom stereocenters. The first-order chi connectivity index (χ1) is 8.78. The molecule has 7 heteroatoms. The van der Waals surface area contributed by atoms with Gasteiger partial charge < -0.3 is 21.3 Å². The lowest BCUT2D eigenvalue weighted by molar-refractivity contribution is -0.142. The van der Waals surface area contributed by atoms with Crippen molar-refractivity contribution >= 4 is 11.9 Å². The predicted octanol–water partition coefficient (Wildman–Crippen LogP) is -1.25. The number of nitrogens with two attached hydrogens (primary N) is 1. The SMILES string of the molecule is CC(O)(CNC(=O)CN1CCC(N)CC1)CC(=O)O. The number of hydrogen-bond acceptors (Lipinski definition) is 5. The third kappa shape index (κ3) is 6.51. The number of piperidine rings is 1. The molecular weight excluding hydrogens is 250 g/mol. The molecule has 1 fully saturated rings. The van der Waals surface area contributed by atoms with Crippen LogP contribution in [0.2, 0.25) is 0 Å². The number of aliphatic carboxylic acids is 1. The van der Waals surface area contributed by atoms with Crippen molar-refractivity contribution in [1.82, 2.24) is 10.2 Å². The Morgan fingerprint density at radius 3 is 2.53 bits per heavy atom. The number of aliphatic hydroxyl groups is 1. The van der Waals surface area contributed by atoms with Crippen LogP contribution in [0, 0.1) is 0 Å². The van der Waals surface area contributed by atoms with E-state index in [9.17, 15) is 14.7 Å². The van der Waals surface area contributed by atoms with Gasteiger partial charge in [-0.25, -0.2) is 0 Å². The Labute approximate surface area is 112 Å². The average molecular weight is 273 g/mol. The number of carbonyl (C=O) groups excluding carboxylic acids is 1. The fourth-order valence-electron chi connectivity index (χ4n) is 2.05. The van der Waals surface area contributed by atoms with Crippen molar-refractivity contribution in [1.29, 1.82) is 0 Å². The quantitative estimate of drug-likeness (QED) is 0.480. The third-order valence-corrected chi connectivity index (χ3v) is 3.20. The van der Waals surface area contributed by atoms with Gasteiger partial charge >= 0.3 is 5.97 Å². The van der Waals surface area contributed by atoms with Crippen molar-refractivity contribution in [2.75, 3.05) is 26.2 Å². The number of amides is 1. The van der Waals surface area contributed by atoms with E-state index < -0.39 is 18.0 Å². The van der Waals surface area contributed by atoms with Gasteiger partial charge in [0.2, 0.25) is 5.91 Å². The summed E-state index contributed by atoms with van der Waals surface area (Å²) >= 11 is 0. The molecule has 1 heterocycles. The van der Waals surface area contributed by atoms with Crippen molar-refractivity contribution < 1.29 is 19.8 Å². The van der Waals surface area contributed by atoms with Gasteiger partial charge in [-0.2, -0.15) is 0 Å². The lowest BCUT2D eigenvalue weighted by Gasteiger charge is -2.30. The first-order valence-corrected chi connectivity index (χ1v) is 6.47. The molecule has 1 unspecified atom stereocenters. The summed E-state index contributed by atoms with van der Waals surface area (Å²) in [6.45, 7) is 3.17. The maximum Gasteiger partial charge on any atom is 0.306 e. The molecule has 1 amide bonds. The van der Waals surface area contributed by atoms with E-state index >= 15 is 0 Å². The van der Waals surface area contributed by atoms with E-state index in [1.807, 2.05) is 4.90 Å². The average Bonchev–Trinajstić information content (AvgIpc) is 2.28. The number of carbonyl (C=O) groups is 2. The van der Waals surface area contributed by atoms with E-state index in [0.29, 0.717) is 0 Å². The van der Waals surface area contributed by atoms with Crippen molar-refractivity contribution in [2.45, 2.75) is 37.8 Å². The number of nitrogens with one attached hydrogen (secondary N) is 1. The molecule has 1 rings (SSSR count). The van der Waals surface area contributed by atoms with Crippen molar-refractivity contribution in [2.24, 2.45) is 5.73 Å². The molecule has 5 N–H and O–H groups in total.